The number of rotatable bonds is 16. The SMILES string of the molecule is CCCCCC(C(=O)CC(CCc1ccccc1)c1ccc(O)c(OC)c1)C(O)CCc1ccc(O)c(O)c1. The zero-order valence-corrected chi connectivity index (χ0v) is 23.1. The van der Waals surface area contributed by atoms with Crippen LogP contribution in [0.15, 0.2) is 66.7 Å². The highest BCUT2D eigenvalue weighted by atomic mass is 16.5. The molecule has 210 valence electrons. The molecule has 6 nitrogen and oxygen atoms in total. The standard InChI is InChI=1S/C33H42O6/c1-3-4-6-11-27(28(34)17-13-24-14-18-29(35)32(38)20-24)31(37)21-25(15-12-23-9-7-5-8-10-23)26-16-19-30(36)33(22-26)39-2/h5,7-10,14,16,18-20,22,25,27-28,34-36,38H,3-4,6,11-13,15,17,21H2,1-2H3. The Hall–Kier alpha value is -3.51. The fourth-order valence-electron chi connectivity index (χ4n) is 5.14. The number of hydrogen-bond donors (Lipinski definition) is 4. The highest BCUT2D eigenvalue weighted by molar-refractivity contribution is 5.82. The van der Waals surface area contributed by atoms with E-state index in [9.17, 15) is 25.2 Å². The number of Topliss-reactive ketones (excluding diaryl/α,β-unsaturated/α-hetero) is 1. The largest absolute Gasteiger partial charge is 0.504 e. The second kappa shape index (κ2) is 15.2. The van der Waals surface area contributed by atoms with Gasteiger partial charge in [-0.05, 0) is 79.0 Å². The second-order valence-corrected chi connectivity index (χ2v) is 10.4. The van der Waals surface area contributed by atoms with Crippen molar-refractivity contribution in [2.24, 2.45) is 5.92 Å². The molecule has 0 aliphatic rings. The average molecular weight is 535 g/mol. The van der Waals surface area contributed by atoms with Crippen LogP contribution in [0.3, 0.4) is 0 Å². The molecule has 0 fully saturated rings. The van der Waals surface area contributed by atoms with Crippen LogP contribution in [0.25, 0.3) is 0 Å². The van der Waals surface area contributed by atoms with Crippen molar-refractivity contribution in [1.82, 2.24) is 0 Å². The van der Waals surface area contributed by atoms with Crippen LogP contribution >= 0.6 is 0 Å². The predicted molar refractivity (Wildman–Crippen MR) is 154 cm³/mol. The van der Waals surface area contributed by atoms with Crippen LogP contribution < -0.4 is 4.74 Å². The summed E-state index contributed by atoms with van der Waals surface area (Å²) in [5.41, 5.74) is 2.91. The van der Waals surface area contributed by atoms with Gasteiger partial charge in [-0.15, -0.1) is 0 Å². The fourth-order valence-corrected chi connectivity index (χ4v) is 5.14. The monoisotopic (exact) mass is 534 g/mol. The van der Waals surface area contributed by atoms with Gasteiger partial charge in [0, 0.05) is 12.3 Å². The van der Waals surface area contributed by atoms with Crippen molar-refractivity contribution in [2.45, 2.75) is 76.7 Å². The molecule has 0 aliphatic heterocycles. The quantitative estimate of drug-likeness (QED) is 0.121. The summed E-state index contributed by atoms with van der Waals surface area (Å²) in [6.45, 7) is 2.11. The van der Waals surface area contributed by atoms with E-state index in [0.29, 0.717) is 25.0 Å². The zero-order chi connectivity index (χ0) is 28.2. The van der Waals surface area contributed by atoms with Crippen LogP contribution in [0.4, 0.5) is 0 Å². The molecule has 3 aromatic rings. The molecule has 3 rings (SSSR count). The molecular weight excluding hydrogens is 492 g/mol. The highest BCUT2D eigenvalue weighted by Gasteiger charge is 2.29. The summed E-state index contributed by atoms with van der Waals surface area (Å²) in [5.74, 6) is -0.480. The number of carbonyl (C=O) groups is 1. The van der Waals surface area contributed by atoms with E-state index in [0.717, 1.165) is 43.2 Å². The molecule has 0 amide bonds. The summed E-state index contributed by atoms with van der Waals surface area (Å²) >= 11 is 0. The number of aryl methyl sites for hydroxylation is 2. The van der Waals surface area contributed by atoms with Crippen LogP contribution in [0.2, 0.25) is 0 Å². The Labute approximate surface area is 231 Å². The maximum absolute atomic E-state index is 13.8. The van der Waals surface area contributed by atoms with Gasteiger partial charge >= 0.3 is 0 Å². The van der Waals surface area contributed by atoms with Crippen molar-refractivity contribution in [3.63, 3.8) is 0 Å². The summed E-state index contributed by atoms with van der Waals surface area (Å²) < 4.78 is 5.34. The topological polar surface area (TPSA) is 107 Å². The summed E-state index contributed by atoms with van der Waals surface area (Å²) in [5, 5.41) is 40.7. The molecule has 3 aromatic carbocycles. The molecule has 4 N–H and O–H groups in total. The number of aliphatic hydroxyl groups excluding tert-OH is 1. The Bertz CT molecular complexity index is 1180. The average Bonchev–Trinajstić information content (AvgIpc) is 2.94. The maximum Gasteiger partial charge on any atom is 0.160 e. The Kier molecular flexibility index (Phi) is 11.7. The lowest BCUT2D eigenvalue weighted by Crippen LogP contribution is -2.30. The molecule has 39 heavy (non-hydrogen) atoms. The fraction of sp³-hybridized carbons (Fsp3) is 0.424. The molecule has 0 spiro atoms. The third-order valence-electron chi connectivity index (χ3n) is 7.51. The van der Waals surface area contributed by atoms with Gasteiger partial charge in [0.15, 0.2) is 23.0 Å². The third kappa shape index (κ3) is 9.03. The van der Waals surface area contributed by atoms with E-state index in [1.54, 1.807) is 18.2 Å². The number of phenolic OH excluding ortho intramolecular Hbond substituents is 3. The van der Waals surface area contributed by atoms with Crippen LogP contribution in [0.1, 0.15) is 74.5 Å². The molecule has 0 bridgehead atoms. The van der Waals surface area contributed by atoms with Gasteiger partial charge in [0.25, 0.3) is 0 Å². The lowest BCUT2D eigenvalue weighted by atomic mass is 9.81. The van der Waals surface area contributed by atoms with Crippen LogP contribution in [0, 0.1) is 5.92 Å². The Morgan fingerprint density at radius 1 is 0.795 bits per heavy atom. The normalized spacial score (nSPS) is 13.5. The molecule has 3 unspecified atom stereocenters. The van der Waals surface area contributed by atoms with Crippen molar-refractivity contribution in [1.29, 1.82) is 0 Å². The number of methoxy groups -OCH3 is 1. The van der Waals surface area contributed by atoms with Crippen molar-refractivity contribution < 1.29 is 30.0 Å². The molecule has 3 atom stereocenters. The number of benzene rings is 3. The highest BCUT2D eigenvalue weighted by Crippen LogP contribution is 2.35. The number of ether oxygens (including phenoxy) is 1. The van der Waals surface area contributed by atoms with Crippen LogP contribution in [-0.2, 0) is 17.6 Å². The Balaban J connectivity index is 1.78. The molecular formula is C33H42O6. The molecule has 0 heterocycles. The number of aromatic hydroxyl groups is 3. The van der Waals surface area contributed by atoms with E-state index in [1.807, 2.05) is 24.3 Å². The molecule has 0 aliphatic carbocycles. The van der Waals surface area contributed by atoms with E-state index >= 15 is 0 Å². The molecule has 0 radical (unpaired) electrons. The third-order valence-corrected chi connectivity index (χ3v) is 7.51. The van der Waals surface area contributed by atoms with E-state index in [2.05, 4.69) is 19.1 Å². The maximum atomic E-state index is 13.8. The van der Waals surface area contributed by atoms with Crippen molar-refractivity contribution >= 4 is 5.78 Å². The molecule has 0 saturated heterocycles. The van der Waals surface area contributed by atoms with Gasteiger partial charge in [0.1, 0.15) is 5.78 Å². The van der Waals surface area contributed by atoms with Crippen LogP contribution in [-0.4, -0.2) is 39.4 Å². The van der Waals surface area contributed by atoms with Crippen molar-refractivity contribution in [3.05, 3.63) is 83.4 Å². The van der Waals surface area contributed by atoms with E-state index < -0.39 is 12.0 Å². The number of carbonyl (C=O) groups excluding carboxylic acids is 1. The number of ketones is 1. The number of unbranched alkanes of at least 4 members (excludes halogenated alkanes) is 2. The number of phenols is 3. The Morgan fingerprint density at radius 2 is 1.51 bits per heavy atom. The van der Waals surface area contributed by atoms with Gasteiger partial charge < -0.3 is 25.2 Å². The van der Waals surface area contributed by atoms with Gasteiger partial charge in [0.2, 0.25) is 0 Å². The summed E-state index contributed by atoms with van der Waals surface area (Å²) in [4.78, 5) is 13.8. The van der Waals surface area contributed by atoms with Gasteiger partial charge in [-0.25, -0.2) is 0 Å². The van der Waals surface area contributed by atoms with E-state index in [1.165, 1.54) is 24.8 Å². The smallest absolute Gasteiger partial charge is 0.160 e. The summed E-state index contributed by atoms with van der Waals surface area (Å²) in [6.07, 6.45) is 5.40. The lowest BCUT2D eigenvalue weighted by molar-refractivity contribution is -0.127. The van der Waals surface area contributed by atoms with Gasteiger partial charge in [-0.3, -0.25) is 4.79 Å². The van der Waals surface area contributed by atoms with E-state index in [-0.39, 0.29) is 35.4 Å². The number of aliphatic hydroxyl groups is 1. The number of hydrogen-bond acceptors (Lipinski definition) is 6. The van der Waals surface area contributed by atoms with Gasteiger partial charge in [-0.1, -0.05) is 68.7 Å². The van der Waals surface area contributed by atoms with Crippen molar-refractivity contribution in [2.75, 3.05) is 7.11 Å². The van der Waals surface area contributed by atoms with Crippen LogP contribution in [0.5, 0.6) is 23.0 Å². The van der Waals surface area contributed by atoms with Gasteiger partial charge in [-0.2, -0.15) is 0 Å². The first-order chi connectivity index (χ1) is 18.8. The second-order valence-electron chi connectivity index (χ2n) is 10.4. The first-order valence-electron chi connectivity index (χ1n) is 13.9. The molecule has 6 heteroatoms. The van der Waals surface area contributed by atoms with E-state index in [4.69, 9.17) is 4.74 Å². The first-order valence-corrected chi connectivity index (χ1v) is 13.9. The molecule has 0 saturated carbocycles. The minimum Gasteiger partial charge on any atom is -0.504 e. The zero-order valence-electron chi connectivity index (χ0n) is 23.1. The predicted octanol–water partition coefficient (Wildman–Crippen LogP) is 6.68. The Morgan fingerprint density at radius 3 is 2.21 bits per heavy atom. The lowest BCUT2D eigenvalue weighted by Gasteiger charge is -2.25. The first kappa shape index (κ1) is 30.0. The van der Waals surface area contributed by atoms with Gasteiger partial charge in [0.05, 0.1) is 13.2 Å². The minimum atomic E-state index is -0.811. The summed E-state index contributed by atoms with van der Waals surface area (Å²) in [7, 11) is 1.51. The summed E-state index contributed by atoms with van der Waals surface area (Å²) in [6, 6.07) is 20.1. The molecule has 0 aromatic heterocycles. The van der Waals surface area contributed by atoms with Crippen molar-refractivity contribution in [3.8, 4) is 23.0 Å². The minimum absolute atomic E-state index is 0.0391.